The van der Waals surface area contributed by atoms with Gasteiger partial charge < -0.3 is 14.6 Å². The summed E-state index contributed by atoms with van der Waals surface area (Å²) in [6, 6.07) is 4.04. The average Bonchev–Trinajstić information content (AvgIpc) is 3.18. The highest BCUT2D eigenvalue weighted by Crippen LogP contribution is 2.30. The molecule has 1 saturated carbocycles. The monoisotopic (exact) mass is 359 g/mol. The number of amides is 2. The number of oxazole rings is 1. The van der Waals surface area contributed by atoms with Crippen LogP contribution in [0.25, 0.3) is 10.8 Å². The first-order valence-electron chi connectivity index (χ1n) is 8.73. The van der Waals surface area contributed by atoms with E-state index in [4.69, 9.17) is 4.42 Å². The van der Waals surface area contributed by atoms with Crippen molar-refractivity contribution >= 4 is 23.2 Å². The van der Waals surface area contributed by atoms with Crippen molar-refractivity contribution in [3.05, 3.63) is 29.0 Å². The molecule has 132 valence electrons. The number of hydrogen-bond donors (Lipinski definition) is 1. The first-order chi connectivity index (χ1) is 12.1. The van der Waals surface area contributed by atoms with E-state index in [9.17, 15) is 9.59 Å². The van der Waals surface area contributed by atoms with Gasteiger partial charge in [0.1, 0.15) is 5.76 Å². The molecule has 1 N–H and O–H groups in total. The van der Waals surface area contributed by atoms with E-state index in [1.807, 2.05) is 22.4 Å². The summed E-state index contributed by atoms with van der Waals surface area (Å²) in [6.07, 6.45) is 3.61. The Hall–Kier alpha value is -2.15. The molecule has 0 bridgehead atoms. The lowest BCUT2D eigenvalue weighted by molar-refractivity contribution is -0.123. The molecule has 0 spiro atoms. The predicted molar refractivity (Wildman–Crippen MR) is 94.3 cm³/mol. The number of hydrogen-bond acceptors (Lipinski definition) is 5. The van der Waals surface area contributed by atoms with Gasteiger partial charge in [-0.3, -0.25) is 9.59 Å². The number of likely N-dealkylation sites (tertiary alicyclic amines) is 1. The normalized spacial score (nSPS) is 18.4. The SMILES string of the molecule is Cc1oc(-c2cccs2)nc1C(=O)N1CCC(NC(=O)C2CC2)CC1. The molecule has 7 heteroatoms. The number of carbonyl (C=O) groups excluding carboxylic acids is 2. The second kappa shape index (κ2) is 6.63. The van der Waals surface area contributed by atoms with Gasteiger partial charge in [0, 0.05) is 25.0 Å². The minimum Gasteiger partial charge on any atom is -0.440 e. The van der Waals surface area contributed by atoms with Crippen LogP contribution in [-0.2, 0) is 4.79 Å². The van der Waals surface area contributed by atoms with Gasteiger partial charge in [0.15, 0.2) is 5.69 Å². The van der Waals surface area contributed by atoms with Gasteiger partial charge in [0.05, 0.1) is 4.88 Å². The van der Waals surface area contributed by atoms with Gasteiger partial charge in [-0.15, -0.1) is 11.3 Å². The zero-order chi connectivity index (χ0) is 17.4. The van der Waals surface area contributed by atoms with Crippen LogP contribution in [0.5, 0.6) is 0 Å². The number of nitrogens with one attached hydrogen (secondary N) is 1. The van der Waals surface area contributed by atoms with Crippen LogP contribution >= 0.6 is 11.3 Å². The van der Waals surface area contributed by atoms with Crippen molar-refractivity contribution in [3.63, 3.8) is 0 Å². The molecule has 2 aromatic heterocycles. The van der Waals surface area contributed by atoms with E-state index >= 15 is 0 Å². The summed E-state index contributed by atoms with van der Waals surface area (Å²) in [5, 5.41) is 5.06. The van der Waals surface area contributed by atoms with Gasteiger partial charge in [0.2, 0.25) is 11.8 Å². The van der Waals surface area contributed by atoms with Crippen LogP contribution in [0.4, 0.5) is 0 Å². The molecule has 25 heavy (non-hydrogen) atoms. The highest BCUT2D eigenvalue weighted by Gasteiger charge is 2.33. The highest BCUT2D eigenvalue weighted by molar-refractivity contribution is 7.13. The molecule has 6 nitrogen and oxygen atoms in total. The van der Waals surface area contributed by atoms with Gasteiger partial charge in [-0.1, -0.05) is 6.07 Å². The third kappa shape index (κ3) is 3.46. The zero-order valence-electron chi connectivity index (χ0n) is 14.2. The molecular weight excluding hydrogens is 338 g/mol. The maximum Gasteiger partial charge on any atom is 0.276 e. The van der Waals surface area contributed by atoms with E-state index in [0.29, 0.717) is 30.4 Å². The number of thiophene rings is 1. The fourth-order valence-electron chi connectivity index (χ4n) is 3.14. The third-order valence-electron chi connectivity index (χ3n) is 4.81. The molecule has 3 heterocycles. The van der Waals surface area contributed by atoms with E-state index in [1.165, 1.54) is 11.3 Å². The maximum atomic E-state index is 12.8. The first-order valence-corrected chi connectivity index (χ1v) is 9.60. The van der Waals surface area contributed by atoms with Gasteiger partial charge in [-0.05, 0) is 44.1 Å². The molecule has 1 aliphatic heterocycles. The second-order valence-corrected chi connectivity index (χ2v) is 7.70. The van der Waals surface area contributed by atoms with Crippen LogP contribution in [0.2, 0.25) is 0 Å². The summed E-state index contributed by atoms with van der Waals surface area (Å²) in [5.74, 6) is 1.38. The molecule has 2 aliphatic rings. The molecule has 2 aromatic rings. The second-order valence-electron chi connectivity index (χ2n) is 6.75. The third-order valence-corrected chi connectivity index (χ3v) is 5.67. The topological polar surface area (TPSA) is 75.4 Å². The quantitative estimate of drug-likeness (QED) is 0.911. The van der Waals surface area contributed by atoms with Crippen LogP contribution < -0.4 is 5.32 Å². The molecule has 0 aromatic carbocycles. The van der Waals surface area contributed by atoms with E-state index in [2.05, 4.69) is 10.3 Å². The van der Waals surface area contributed by atoms with Crippen molar-refractivity contribution in [2.24, 2.45) is 5.92 Å². The van der Waals surface area contributed by atoms with Gasteiger partial charge in [0.25, 0.3) is 5.91 Å². The molecular formula is C18H21N3O3S. The Balaban J connectivity index is 1.38. The number of piperidine rings is 1. The maximum absolute atomic E-state index is 12.8. The van der Waals surface area contributed by atoms with Crippen LogP contribution in [0.3, 0.4) is 0 Å². The Labute approximate surface area is 150 Å². The number of aryl methyl sites for hydroxylation is 1. The number of rotatable bonds is 4. The van der Waals surface area contributed by atoms with Crippen molar-refractivity contribution in [2.75, 3.05) is 13.1 Å². The van der Waals surface area contributed by atoms with Gasteiger partial charge in [-0.2, -0.15) is 0 Å². The highest BCUT2D eigenvalue weighted by atomic mass is 32.1. The number of carbonyl (C=O) groups is 2. The lowest BCUT2D eigenvalue weighted by Crippen LogP contribution is -2.47. The standard InChI is InChI=1S/C18H21N3O3S/c1-11-15(20-17(24-11)14-3-2-10-25-14)18(23)21-8-6-13(7-9-21)19-16(22)12-4-5-12/h2-3,10,12-13H,4-9H2,1H3,(H,19,22). The Morgan fingerprint density at radius 2 is 2.04 bits per heavy atom. The molecule has 2 amide bonds. The minimum absolute atomic E-state index is 0.0870. The Morgan fingerprint density at radius 3 is 2.68 bits per heavy atom. The summed E-state index contributed by atoms with van der Waals surface area (Å²) in [6.45, 7) is 3.05. The van der Waals surface area contributed by atoms with E-state index < -0.39 is 0 Å². The molecule has 0 unspecified atom stereocenters. The molecule has 2 fully saturated rings. The van der Waals surface area contributed by atoms with Crippen LogP contribution in [0.15, 0.2) is 21.9 Å². The smallest absolute Gasteiger partial charge is 0.276 e. The molecule has 0 radical (unpaired) electrons. The van der Waals surface area contributed by atoms with Crippen molar-refractivity contribution in [2.45, 2.75) is 38.6 Å². The molecule has 1 saturated heterocycles. The Kier molecular flexibility index (Phi) is 4.33. The Morgan fingerprint density at radius 1 is 1.28 bits per heavy atom. The summed E-state index contributed by atoms with van der Waals surface area (Å²) in [7, 11) is 0. The van der Waals surface area contributed by atoms with Crippen LogP contribution in [0.1, 0.15) is 41.9 Å². The van der Waals surface area contributed by atoms with E-state index in [-0.39, 0.29) is 23.8 Å². The molecule has 4 rings (SSSR count). The molecule has 0 atom stereocenters. The average molecular weight is 359 g/mol. The number of aromatic nitrogens is 1. The summed E-state index contributed by atoms with van der Waals surface area (Å²) < 4.78 is 5.67. The summed E-state index contributed by atoms with van der Waals surface area (Å²) >= 11 is 1.54. The minimum atomic E-state index is -0.0870. The van der Waals surface area contributed by atoms with Crippen molar-refractivity contribution in [1.82, 2.24) is 15.2 Å². The lowest BCUT2D eigenvalue weighted by Gasteiger charge is -2.32. The van der Waals surface area contributed by atoms with E-state index in [1.54, 1.807) is 6.92 Å². The van der Waals surface area contributed by atoms with Crippen molar-refractivity contribution in [3.8, 4) is 10.8 Å². The summed E-state index contributed by atoms with van der Waals surface area (Å²) in [5.41, 5.74) is 0.392. The Bertz CT molecular complexity index is 772. The van der Waals surface area contributed by atoms with Crippen LogP contribution in [-0.4, -0.2) is 40.8 Å². The number of nitrogens with zero attached hydrogens (tertiary/aromatic N) is 2. The van der Waals surface area contributed by atoms with Crippen molar-refractivity contribution in [1.29, 1.82) is 0 Å². The van der Waals surface area contributed by atoms with Crippen molar-refractivity contribution < 1.29 is 14.0 Å². The van der Waals surface area contributed by atoms with Gasteiger partial charge in [-0.25, -0.2) is 4.98 Å². The fourth-order valence-corrected chi connectivity index (χ4v) is 3.79. The fraction of sp³-hybridized carbons (Fsp3) is 0.500. The largest absolute Gasteiger partial charge is 0.440 e. The predicted octanol–water partition coefficient (Wildman–Crippen LogP) is 2.84. The lowest BCUT2D eigenvalue weighted by atomic mass is 10.0. The first kappa shape index (κ1) is 16.3. The van der Waals surface area contributed by atoms with Crippen LogP contribution in [0, 0.1) is 12.8 Å². The van der Waals surface area contributed by atoms with Gasteiger partial charge >= 0.3 is 0 Å². The molecule has 1 aliphatic carbocycles. The van der Waals surface area contributed by atoms with E-state index in [0.717, 1.165) is 30.6 Å². The summed E-state index contributed by atoms with van der Waals surface area (Å²) in [4.78, 5) is 31.8. The zero-order valence-corrected chi connectivity index (χ0v) is 15.0.